The number of Topliss-reactive ketones (excluding diaryl/α,β-unsaturated/α-hetero) is 1. The third kappa shape index (κ3) is 8.62. The van der Waals surface area contributed by atoms with Gasteiger partial charge in [-0.25, -0.2) is 18.2 Å². The van der Waals surface area contributed by atoms with E-state index in [2.05, 4.69) is 20.6 Å². The minimum atomic E-state index is -4.29. The van der Waals surface area contributed by atoms with Crippen LogP contribution in [-0.2, 0) is 31.6 Å². The summed E-state index contributed by atoms with van der Waals surface area (Å²) >= 11 is 0. The van der Waals surface area contributed by atoms with Crippen LogP contribution >= 0.6 is 0 Å². The van der Waals surface area contributed by atoms with E-state index in [4.69, 9.17) is 4.42 Å². The number of oxazole rings is 1. The summed E-state index contributed by atoms with van der Waals surface area (Å²) in [4.78, 5) is 61.9. The molecule has 0 bridgehead atoms. The zero-order chi connectivity index (χ0) is 34.3. The van der Waals surface area contributed by atoms with Gasteiger partial charge in [0.2, 0.25) is 17.6 Å². The molecule has 2 aromatic carbocycles. The third-order valence-electron chi connectivity index (χ3n) is 8.32. The molecule has 1 aliphatic heterocycles. The van der Waals surface area contributed by atoms with Crippen LogP contribution in [-0.4, -0.2) is 83.0 Å². The predicted octanol–water partition coefficient (Wildman–Crippen LogP) is 3.32. The molecule has 3 heterocycles. The number of nitrogens with zero attached hydrogens (tertiary/aromatic N) is 3. The van der Waals surface area contributed by atoms with Gasteiger partial charge < -0.3 is 25.1 Å². The average Bonchev–Trinajstić information content (AvgIpc) is 3.51. The van der Waals surface area contributed by atoms with Crippen molar-refractivity contribution >= 4 is 44.6 Å². The lowest BCUT2D eigenvalue weighted by molar-refractivity contribution is -0.126. The van der Waals surface area contributed by atoms with Gasteiger partial charge >= 0.3 is 6.09 Å². The van der Waals surface area contributed by atoms with E-state index in [0.29, 0.717) is 23.2 Å². The van der Waals surface area contributed by atoms with E-state index in [1.54, 1.807) is 43.3 Å². The molecule has 1 aliphatic rings. The maximum Gasteiger partial charge on any atom is 0.407 e. The molecule has 2 atom stereocenters. The Morgan fingerprint density at radius 1 is 0.958 bits per heavy atom. The van der Waals surface area contributed by atoms with Gasteiger partial charge in [-0.15, -0.1) is 0 Å². The zero-order valence-electron chi connectivity index (χ0n) is 26.4. The second-order valence-electron chi connectivity index (χ2n) is 11.8. The smallest absolute Gasteiger partial charge is 0.407 e. The number of para-hydroxylation sites is 2. The van der Waals surface area contributed by atoms with Crippen LogP contribution in [0.4, 0.5) is 4.79 Å². The maximum atomic E-state index is 13.9. The molecular formula is C34H37N5O8S. The summed E-state index contributed by atoms with van der Waals surface area (Å²) in [5, 5.41) is 12.7. The normalized spacial score (nSPS) is 15.1. The molecule has 48 heavy (non-hydrogen) atoms. The number of ketones is 1. The number of piperidine rings is 1. The van der Waals surface area contributed by atoms with Crippen LogP contribution < -0.4 is 10.6 Å². The highest BCUT2D eigenvalue weighted by atomic mass is 32.2. The molecule has 0 radical (unpaired) electrons. The van der Waals surface area contributed by atoms with Gasteiger partial charge in [-0.05, 0) is 62.4 Å². The predicted molar refractivity (Wildman–Crippen MR) is 176 cm³/mol. The Balaban J connectivity index is 1.38. The Bertz CT molecular complexity index is 1850. The van der Waals surface area contributed by atoms with Crippen LogP contribution in [0.25, 0.3) is 11.1 Å². The van der Waals surface area contributed by atoms with Gasteiger partial charge in [0.1, 0.15) is 5.52 Å². The largest absolute Gasteiger partial charge is 0.465 e. The molecule has 1 fully saturated rings. The summed E-state index contributed by atoms with van der Waals surface area (Å²) in [6.07, 6.45) is -0.0524. The Kier molecular flexibility index (Phi) is 10.8. The molecule has 5 rings (SSSR count). The lowest BCUT2D eigenvalue weighted by Crippen LogP contribution is -2.53. The Morgan fingerprint density at radius 2 is 1.67 bits per heavy atom. The molecule has 0 aliphatic carbocycles. The summed E-state index contributed by atoms with van der Waals surface area (Å²) in [5.74, 6) is -3.42. The monoisotopic (exact) mass is 675 g/mol. The molecule has 2 unspecified atom stereocenters. The fourth-order valence-corrected chi connectivity index (χ4v) is 7.16. The van der Waals surface area contributed by atoms with E-state index >= 15 is 0 Å². The van der Waals surface area contributed by atoms with Crippen LogP contribution in [0, 0.1) is 12.8 Å². The molecule has 252 valence electrons. The van der Waals surface area contributed by atoms with Crippen molar-refractivity contribution in [3.63, 3.8) is 0 Å². The lowest BCUT2D eigenvalue weighted by Gasteiger charge is -2.29. The van der Waals surface area contributed by atoms with Crippen LogP contribution in [0.3, 0.4) is 0 Å². The molecule has 3 N–H and O–H groups in total. The number of carboxylic acid groups (broad SMARTS) is 1. The molecule has 2 aromatic heterocycles. The SMILES string of the molecule is Cc1cccc(CS(=O)(=O)C(CNC(=O)C2CCN(C(=O)O)CC2)C(=O)NC(CCc2ccccc2)C(=O)c2nc3ccccc3o2)n1. The summed E-state index contributed by atoms with van der Waals surface area (Å²) in [6, 6.07) is 19.8. The van der Waals surface area contributed by atoms with E-state index in [1.165, 1.54) is 11.0 Å². The van der Waals surface area contributed by atoms with Gasteiger partial charge in [0, 0.05) is 31.2 Å². The molecule has 13 nitrogen and oxygen atoms in total. The molecule has 0 spiro atoms. The average molecular weight is 676 g/mol. The van der Waals surface area contributed by atoms with Crippen molar-refractivity contribution < 1.29 is 37.1 Å². The van der Waals surface area contributed by atoms with Crippen molar-refractivity contribution in [3.8, 4) is 0 Å². The number of amides is 3. The van der Waals surface area contributed by atoms with Crippen molar-refractivity contribution in [2.45, 2.75) is 49.7 Å². The first-order valence-corrected chi connectivity index (χ1v) is 17.4. The Morgan fingerprint density at radius 3 is 2.35 bits per heavy atom. The fourth-order valence-electron chi connectivity index (χ4n) is 5.66. The van der Waals surface area contributed by atoms with Crippen molar-refractivity contribution in [2.24, 2.45) is 5.92 Å². The number of nitrogens with one attached hydrogen (secondary N) is 2. The van der Waals surface area contributed by atoms with Crippen molar-refractivity contribution in [3.05, 3.63) is 95.6 Å². The number of pyridine rings is 1. The molecule has 0 saturated carbocycles. The van der Waals surface area contributed by atoms with E-state index in [0.717, 1.165) is 5.56 Å². The van der Waals surface area contributed by atoms with Gasteiger partial charge in [0.15, 0.2) is 20.7 Å². The number of aryl methyl sites for hydroxylation is 2. The van der Waals surface area contributed by atoms with E-state index < -0.39 is 63.0 Å². The second kappa shape index (κ2) is 15.2. The van der Waals surface area contributed by atoms with E-state index in [9.17, 15) is 32.7 Å². The van der Waals surface area contributed by atoms with E-state index in [-0.39, 0.29) is 43.9 Å². The Hall–Kier alpha value is -5.11. The Labute approximate surface area is 277 Å². The number of carbonyl (C=O) groups is 4. The molecular weight excluding hydrogens is 638 g/mol. The fraction of sp³-hybridized carbons (Fsp3) is 0.353. The number of aromatic nitrogens is 2. The first-order chi connectivity index (χ1) is 23.0. The van der Waals surface area contributed by atoms with Gasteiger partial charge in [-0.3, -0.25) is 19.4 Å². The highest BCUT2D eigenvalue weighted by molar-refractivity contribution is 7.92. The standard InChI is InChI=1S/C34H37N5O8S/c1-22-8-7-11-25(36-22)21-48(45,46)29(20-35-31(41)24-16-18-39(19-17-24)34(43)44)32(42)37-27(15-14-23-9-3-2-4-10-23)30(40)33-38-26-12-5-6-13-28(26)47-33/h2-13,24,27,29H,14-21H2,1H3,(H,35,41)(H,37,42)(H,43,44). The van der Waals surface area contributed by atoms with Crippen molar-refractivity contribution in [2.75, 3.05) is 19.6 Å². The lowest BCUT2D eigenvalue weighted by atomic mass is 9.96. The number of carbonyl (C=O) groups excluding carboxylic acids is 3. The molecule has 4 aromatic rings. The van der Waals surface area contributed by atoms with Gasteiger partial charge in [-0.2, -0.15) is 0 Å². The van der Waals surface area contributed by atoms with E-state index in [1.807, 2.05) is 30.3 Å². The van der Waals surface area contributed by atoms with Crippen molar-refractivity contribution in [1.82, 2.24) is 25.5 Å². The van der Waals surface area contributed by atoms with Crippen LogP contribution in [0.5, 0.6) is 0 Å². The first kappa shape index (κ1) is 34.2. The van der Waals surface area contributed by atoms with Crippen LogP contribution in [0.1, 0.15) is 46.9 Å². The third-order valence-corrected chi connectivity index (χ3v) is 10.3. The summed E-state index contributed by atoms with van der Waals surface area (Å²) in [7, 11) is -4.29. The summed E-state index contributed by atoms with van der Waals surface area (Å²) in [5.41, 5.74) is 2.56. The number of hydrogen-bond acceptors (Lipinski definition) is 9. The van der Waals surface area contributed by atoms with Gasteiger partial charge in [0.25, 0.3) is 5.89 Å². The highest BCUT2D eigenvalue weighted by Gasteiger charge is 2.37. The number of likely N-dealkylation sites (tertiary alicyclic amines) is 1. The zero-order valence-corrected chi connectivity index (χ0v) is 27.2. The van der Waals surface area contributed by atoms with Gasteiger partial charge in [0.05, 0.1) is 17.5 Å². The highest BCUT2D eigenvalue weighted by Crippen LogP contribution is 2.20. The molecule has 14 heteroatoms. The van der Waals surface area contributed by atoms with Gasteiger partial charge in [-0.1, -0.05) is 48.5 Å². The van der Waals surface area contributed by atoms with Crippen molar-refractivity contribution in [1.29, 1.82) is 0 Å². The van der Waals surface area contributed by atoms with Crippen LogP contribution in [0.15, 0.2) is 77.2 Å². The second-order valence-corrected chi connectivity index (χ2v) is 14.0. The van der Waals surface area contributed by atoms with Crippen LogP contribution in [0.2, 0.25) is 0 Å². The minimum absolute atomic E-state index is 0.119. The number of fused-ring (bicyclic) bond motifs is 1. The molecule has 1 saturated heterocycles. The summed E-state index contributed by atoms with van der Waals surface area (Å²) < 4.78 is 33.4. The molecule has 3 amide bonds. The maximum absolute atomic E-state index is 13.9. The minimum Gasteiger partial charge on any atom is -0.465 e. The topological polar surface area (TPSA) is 189 Å². The number of benzene rings is 2. The quantitative estimate of drug-likeness (QED) is 0.177. The number of rotatable bonds is 13. The number of hydrogen-bond donors (Lipinski definition) is 3. The number of sulfone groups is 1. The summed E-state index contributed by atoms with van der Waals surface area (Å²) in [6.45, 7) is 1.48. The first-order valence-electron chi connectivity index (χ1n) is 15.6.